The van der Waals surface area contributed by atoms with Crippen LogP contribution < -0.4 is 0 Å². The summed E-state index contributed by atoms with van der Waals surface area (Å²) in [6.07, 6.45) is 3.21. The van der Waals surface area contributed by atoms with Crippen molar-refractivity contribution in [2.24, 2.45) is 0 Å². The number of phenols is 1. The first-order valence-electron chi connectivity index (χ1n) is 5.82. The molecule has 1 aromatic carbocycles. The summed E-state index contributed by atoms with van der Waals surface area (Å²) in [5.41, 5.74) is 1.06. The Morgan fingerprint density at radius 1 is 1.31 bits per heavy atom. The third kappa shape index (κ3) is 2.97. The second kappa shape index (κ2) is 5.32. The van der Waals surface area contributed by atoms with Gasteiger partial charge in [-0.2, -0.15) is 0 Å². The number of benzene rings is 1. The monoisotopic (exact) mass is 222 g/mol. The molecule has 1 aliphatic heterocycles. The lowest BCUT2D eigenvalue weighted by Crippen LogP contribution is -2.23. The van der Waals surface area contributed by atoms with Gasteiger partial charge in [-0.05, 0) is 43.9 Å². The molecule has 0 aromatic heterocycles. The molecule has 1 N–H and O–H groups in total. The lowest BCUT2D eigenvalue weighted by Gasteiger charge is -2.26. The summed E-state index contributed by atoms with van der Waals surface area (Å²) in [4.78, 5) is 0. The van der Waals surface area contributed by atoms with E-state index < -0.39 is 0 Å². The van der Waals surface area contributed by atoms with Gasteiger partial charge in [-0.1, -0.05) is 12.1 Å². The molecule has 3 heteroatoms. The first-order valence-corrected chi connectivity index (χ1v) is 5.82. The van der Waals surface area contributed by atoms with Crippen LogP contribution in [0.25, 0.3) is 0 Å². The van der Waals surface area contributed by atoms with E-state index in [-0.39, 0.29) is 18.1 Å². The minimum absolute atomic E-state index is 0.00343. The van der Waals surface area contributed by atoms with E-state index in [1.807, 2.05) is 19.1 Å². The Kier molecular flexibility index (Phi) is 3.80. The summed E-state index contributed by atoms with van der Waals surface area (Å²) in [5.74, 6) is 0.282. The lowest BCUT2D eigenvalue weighted by molar-refractivity contribution is -0.186. The maximum absolute atomic E-state index is 9.19. The van der Waals surface area contributed by atoms with Crippen LogP contribution in [-0.4, -0.2) is 18.0 Å². The molecule has 1 aliphatic rings. The Hall–Kier alpha value is -1.06. The standard InChI is InChI=1S/C13H18O3/c1-10(11-5-7-12(14)8-6-11)16-13-4-2-3-9-15-13/h5-8,10,13-14H,2-4,9H2,1H3. The van der Waals surface area contributed by atoms with Crippen molar-refractivity contribution in [2.75, 3.05) is 6.61 Å². The summed E-state index contributed by atoms with van der Waals surface area (Å²) in [7, 11) is 0. The zero-order valence-corrected chi connectivity index (χ0v) is 9.56. The second-order valence-corrected chi connectivity index (χ2v) is 4.17. The van der Waals surface area contributed by atoms with Crippen LogP contribution in [0.3, 0.4) is 0 Å². The molecular formula is C13H18O3. The van der Waals surface area contributed by atoms with Crippen LogP contribution in [0.2, 0.25) is 0 Å². The quantitative estimate of drug-likeness (QED) is 0.854. The summed E-state index contributed by atoms with van der Waals surface area (Å²) < 4.78 is 11.3. The minimum atomic E-state index is -0.0717. The molecule has 1 aromatic rings. The molecule has 2 unspecified atom stereocenters. The lowest BCUT2D eigenvalue weighted by atomic mass is 10.1. The topological polar surface area (TPSA) is 38.7 Å². The first-order chi connectivity index (χ1) is 7.75. The van der Waals surface area contributed by atoms with Gasteiger partial charge < -0.3 is 14.6 Å². The molecule has 0 radical (unpaired) electrons. The summed E-state index contributed by atoms with van der Waals surface area (Å²) in [6, 6.07) is 7.11. The Morgan fingerprint density at radius 3 is 2.69 bits per heavy atom. The molecule has 1 saturated heterocycles. The van der Waals surface area contributed by atoms with E-state index in [2.05, 4.69) is 0 Å². The van der Waals surface area contributed by atoms with E-state index in [1.165, 1.54) is 6.42 Å². The third-order valence-corrected chi connectivity index (χ3v) is 2.86. The predicted octanol–water partition coefficient (Wildman–Crippen LogP) is 3.00. The average Bonchev–Trinajstić information content (AvgIpc) is 2.31. The smallest absolute Gasteiger partial charge is 0.158 e. The molecule has 88 valence electrons. The van der Waals surface area contributed by atoms with E-state index >= 15 is 0 Å². The van der Waals surface area contributed by atoms with Crippen molar-refractivity contribution in [3.05, 3.63) is 29.8 Å². The average molecular weight is 222 g/mol. The zero-order valence-electron chi connectivity index (χ0n) is 9.56. The maximum Gasteiger partial charge on any atom is 0.158 e. The second-order valence-electron chi connectivity index (χ2n) is 4.17. The number of hydrogen-bond acceptors (Lipinski definition) is 3. The summed E-state index contributed by atoms with van der Waals surface area (Å²) in [6.45, 7) is 2.80. The molecule has 16 heavy (non-hydrogen) atoms. The normalized spacial score (nSPS) is 22.9. The molecular weight excluding hydrogens is 204 g/mol. The Balaban J connectivity index is 1.91. The molecule has 1 fully saturated rings. The number of hydrogen-bond donors (Lipinski definition) is 1. The Labute approximate surface area is 96.0 Å². The van der Waals surface area contributed by atoms with Gasteiger partial charge in [-0.25, -0.2) is 0 Å². The van der Waals surface area contributed by atoms with Crippen molar-refractivity contribution in [3.8, 4) is 5.75 Å². The van der Waals surface area contributed by atoms with Crippen LogP contribution >= 0.6 is 0 Å². The van der Waals surface area contributed by atoms with Crippen molar-refractivity contribution < 1.29 is 14.6 Å². The van der Waals surface area contributed by atoms with E-state index in [1.54, 1.807) is 12.1 Å². The molecule has 2 atom stereocenters. The largest absolute Gasteiger partial charge is 0.508 e. The summed E-state index contributed by atoms with van der Waals surface area (Å²) >= 11 is 0. The molecule has 0 bridgehead atoms. The van der Waals surface area contributed by atoms with Gasteiger partial charge in [0.15, 0.2) is 6.29 Å². The van der Waals surface area contributed by atoms with Gasteiger partial charge >= 0.3 is 0 Å². The first kappa shape index (κ1) is 11.4. The number of aromatic hydroxyl groups is 1. The molecule has 0 aliphatic carbocycles. The molecule has 0 amide bonds. The highest BCUT2D eigenvalue weighted by molar-refractivity contribution is 5.27. The highest BCUT2D eigenvalue weighted by Gasteiger charge is 2.17. The van der Waals surface area contributed by atoms with E-state index in [4.69, 9.17) is 9.47 Å². The van der Waals surface area contributed by atoms with Crippen molar-refractivity contribution in [2.45, 2.75) is 38.6 Å². The third-order valence-electron chi connectivity index (χ3n) is 2.86. The Morgan fingerprint density at radius 2 is 2.06 bits per heavy atom. The SMILES string of the molecule is CC(OC1CCCCO1)c1ccc(O)cc1. The van der Waals surface area contributed by atoms with Gasteiger partial charge in [0.1, 0.15) is 5.75 Å². The van der Waals surface area contributed by atoms with Gasteiger partial charge in [-0.3, -0.25) is 0 Å². The highest BCUT2D eigenvalue weighted by atomic mass is 16.7. The van der Waals surface area contributed by atoms with E-state index in [0.29, 0.717) is 0 Å². The molecule has 3 nitrogen and oxygen atoms in total. The highest BCUT2D eigenvalue weighted by Crippen LogP contribution is 2.24. The number of ether oxygens (including phenoxy) is 2. The Bertz CT molecular complexity index is 314. The van der Waals surface area contributed by atoms with Gasteiger partial charge in [0.25, 0.3) is 0 Å². The fourth-order valence-corrected chi connectivity index (χ4v) is 1.87. The van der Waals surface area contributed by atoms with E-state index in [0.717, 1.165) is 25.0 Å². The van der Waals surface area contributed by atoms with Crippen molar-refractivity contribution in [3.63, 3.8) is 0 Å². The van der Waals surface area contributed by atoms with Crippen LogP contribution in [0.4, 0.5) is 0 Å². The molecule has 0 saturated carbocycles. The van der Waals surface area contributed by atoms with Crippen LogP contribution in [0.1, 0.15) is 37.9 Å². The summed E-state index contributed by atoms with van der Waals surface area (Å²) in [5, 5.41) is 9.19. The van der Waals surface area contributed by atoms with Crippen molar-refractivity contribution in [1.82, 2.24) is 0 Å². The van der Waals surface area contributed by atoms with Crippen LogP contribution in [0.15, 0.2) is 24.3 Å². The van der Waals surface area contributed by atoms with Gasteiger partial charge in [0.05, 0.1) is 6.10 Å². The van der Waals surface area contributed by atoms with Crippen LogP contribution in [0, 0.1) is 0 Å². The predicted molar refractivity (Wildman–Crippen MR) is 61.2 cm³/mol. The minimum Gasteiger partial charge on any atom is -0.508 e. The van der Waals surface area contributed by atoms with Gasteiger partial charge in [-0.15, -0.1) is 0 Å². The molecule has 2 rings (SSSR count). The zero-order chi connectivity index (χ0) is 11.4. The van der Waals surface area contributed by atoms with Crippen molar-refractivity contribution in [1.29, 1.82) is 0 Å². The molecule has 0 spiro atoms. The number of phenolic OH excluding ortho intramolecular Hbond substituents is 1. The molecule has 1 heterocycles. The van der Waals surface area contributed by atoms with Crippen molar-refractivity contribution >= 4 is 0 Å². The fraction of sp³-hybridized carbons (Fsp3) is 0.538. The fourth-order valence-electron chi connectivity index (χ4n) is 1.87. The number of rotatable bonds is 3. The van der Waals surface area contributed by atoms with Gasteiger partial charge in [0, 0.05) is 6.61 Å². The van der Waals surface area contributed by atoms with Crippen LogP contribution in [-0.2, 0) is 9.47 Å². The van der Waals surface area contributed by atoms with Crippen LogP contribution in [0.5, 0.6) is 5.75 Å². The maximum atomic E-state index is 9.19. The van der Waals surface area contributed by atoms with E-state index in [9.17, 15) is 5.11 Å². The van der Waals surface area contributed by atoms with Gasteiger partial charge in [0.2, 0.25) is 0 Å².